The second-order valence-electron chi connectivity index (χ2n) is 7.11. The first-order valence-corrected chi connectivity index (χ1v) is 10.4. The number of hydrogen-bond donors (Lipinski definition) is 2. The van der Waals surface area contributed by atoms with Gasteiger partial charge in [-0.05, 0) is 45.2 Å². The average molecular weight is 388 g/mol. The smallest absolute Gasteiger partial charge is 0.125 e. The van der Waals surface area contributed by atoms with Gasteiger partial charge in [-0.1, -0.05) is 13.3 Å². The number of aromatic nitrogens is 2. The molecule has 3 heterocycles. The van der Waals surface area contributed by atoms with Gasteiger partial charge < -0.3 is 10.0 Å². The van der Waals surface area contributed by atoms with E-state index in [1.54, 1.807) is 17.5 Å². The Balaban J connectivity index is 1.84. The molecule has 0 aliphatic carbocycles. The Labute approximate surface area is 165 Å². The maximum Gasteiger partial charge on any atom is 0.125 e. The van der Waals surface area contributed by atoms with Gasteiger partial charge in [0.15, 0.2) is 0 Å². The minimum absolute atomic E-state index is 0.0250. The molecule has 6 nitrogen and oxygen atoms in total. The molecule has 3 rings (SSSR count). The van der Waals surface area contributed by atoms with E-state index in [0.717, 1.165) is 58.1 Å². The number of pyridine rings is 1. The van der Waals surface area contributed by atoms with E-state index in [4.69, 9.17) is 9.98 Å². The van der Waals surface area contributed by atoms with E-state index >= 15 is 0 Å². The zero-order valence-corrected chi connectivity index (χ0v) is 17.4. The lowest BCUT2D eigenvalue weighted by Gasteiger charge is -2.35. The van der Waals surface area contributed by atoms with Crippen molar-refractivity contribution in [1.29, 1.82) is 0 Å². The molecule has 2 aromatic rings. The van der Waals surface area contributed by atoms with E-state index in [9.17, 15) is 5.11 Å². The summed E-state index contributed by atoms with van der Waals surface area (Å²) in [5.41, 5.74) is 3.05. The van der Waals surface area contributed by atoms with Gasteiger partial charge in [0, 0.05) is 31.1 Å². The Hall–Kier alpha value is -1.83. The molecule has 0 bridgehead atoms. The van der Waals surface area contributed by atoms with Crippen LogP contribution in [0.5, 0.6) is 0 Å². The predicted molar refractivity (Wildman–Crippen MR) is 113 cm³/mol. The molecular formula is C20H29N5OS. The molecule has 0 fully saturated rings. The number of aliphatic hydroxyl groups excluding tert-OH is 1. The van der Waals surface area contributed by atoms with E-state index in [1.165, 1.54) is 0 Å². The van der Waals surface area contributed by atoms with Gasteiger partial charge in [-0.2, -0.15) is 0 Å². The highest BCUT2D eigenvalue weighted by molar-refractivity contribution is 7.19. The summed E-state index contributed by atoms with van der Waals surface area (Å²) in [5, 5.41) is 14.2. The van der Waals surface area contributed by atoms with Gasteiger partial charge in [0.2, 0.25) is 0 Å². The molecule has 1 aliphatic rings. The lowest BCUT2D eigenvalue weighted by molar-refractivity contribution is 0.206. The van der Waals surface area contributed by atoms with Crippen molar-refractivity contribution in [1.82, 2.24) is 20.2 Å². The number of nitrogens with one attached hydrogen (secondary N) is 1. The molecule has 0 saturated heterocycles. The van der Waals surface area contributed by atoms with Crippen LogP contribution in [0.3, 0.4) is 0 Å². The van der Waals surface area contributed by atoms with Gasteiger partial charge in [-0.15, -0.1) is 11.3 Å². The lowest BCUT2D eigenvalue weighted by Crippen LogP contribution is -2.49. The molecule has 7 heteroatoms. The summed E-state index contributed by atoms with van der Waals surface area (Å²) in [6.45, 7) is 7.35. The Morgan fingerprint density at radius 1 is 1.33 bits per heavy atom. The SMILES string of the molecule is CCCC(CO)CCNC1C(c2nc3cnccc3s2)=C(C)N=C(C)N1C. The third kappa shape index (κ3) is 4.36. The van der Waals surface area contributed by atoms with Crippen LogP contribution in [0.15, 0.2) is 29.1 Å². The quantitative estimate of drug-likeness (QED) is 0.725. The van der Waals surface area contributed by atoms with Crippen molar-refractivity contribution < 1.29 is 5.11 Å². The second kappa shape index (κ2) is 8.91. The molecule has 0 spiro atoms. The van der Waals surface area contributed by atoms with Crippen molar-refractivity contribution >= 4 is 33.0 Å². The van der Waals surface area contributed by atoms with Crippen molar-refractivity contribution in [2.75, 3.05) is 20.2 Å². The lowest BCUT2D eigenvalue weighted by atomic mass is 10.0. The molecule has 0 aromatic carbocycles. The van der Waals surface area contributed by atoms with Crippen molar-refractivity contribution in [3.63, 3.8) is 0 Å². The second-order valence-corrected chi connectivity index (χ2v) is 8.14. The summed E-state index contributed by atoms with van der Waals surface area (Å²) in [4.78, 5) is 15.9. The summed E-state index contributed by atoms with van der Waals surface area (Å²) in [6, 6.07) is 2.01. The normalized spacial score (nSPS) is 18.9. The molecule has 2 N–H and O–H groups in total. The molecule has 0 amide bonds. The molecule has 146 valence electrons. The van der Waals surface area contributed by atoms with Gasteiger partial charge in [0.05, 0.1) is 10.9 Å². The van der Waals surface area contributed by atoms with E-state index in [-0.39, 0.29) is 12.8 Å². The van der Waals surface area contributed by atoms with E-state index < -0.39 is 0 Å². The van der Waals surface area contributed by atoms with Crippen LogP contribution >= 0.6 is 11.3 Å². The van der Waals surface area contributed by atoms with Crippen molar-refractivity contribution in [3.8, 4) is 0 Å². The molecule has 2 unspecified atom stereocenters. The summed E-state index contributed by atoms with van der Waals surface area (Å²) < 4.78 is 1.14. The molecular weight excluding hydrogens is 358 g/mol. The minimum Gasteiger partial charge on any atom is -0.396 e. The summed E-state index contributed by atoms with van der Waals surface area (Å²) in [6.07, 6.45) is 6.76. The van der Waals surface area contributed by atoms with Crippen molar-refractivity contribution in [2.24, 2.45) is 10.9 Å². The minimum atomic E-state index is 0.0250. The number of fused-ring (bicyclic) bond motifs is 1. The molecule has 27 heavy (non-hydrogen) atoms. The first-order valence-electron chi connectivity index (χ1n) is 9.59. The Bertz CT molecular complexity index is 811. The number of aliphatic hydroxyl groups is 1. The van der Waals surface area contributed by atoms with Crippen molar-refractivity contribution in [3.05, 3.63) is 29.2 Å². The van der Waals surface area contributed by atoms with Gasteiger partial charge in [0.25, 0.3) is 0 Å². The largest absolute Gasteiger partial charge is 0.396 e. The summed E-state index contributed by atoms with van der Waals surface area (Å²) >= 11 is 1.68. The molecule has 2 atom stereocenters. The fraction of sp³-hybridized carbons (Fsp3) is 0.550. The highest BCUT2D eigenvalue weighted by atomic mass is 32.1. The third-order valence-electron chi connectivity index (χ3n) is 5.16. The molecule has 0 radical (unpaired) electrons. The Morgan fingerprint density at radius 2 is 2.15 bits per heavy atom. The number of thiazole rings is 1. The third-order valence-corrected chi connectivity index (χ3v) is 6.23. The maximum atomic E-state index is 9.56. The number of rotatable bonds is 8. The number of hydrogen-bond acceptors (Lipinski definition) is 7. The van der Waals surface area contributed by atoms with Crippen LogP contribution in [0.4, 0.5) is 0 Å². The number of aliphatic imine (C=N–C) groups is 1. The topological polar surface area (TPSA) is 73.6 Å². The van der Waals surface area contributed by atoms with Gasteiger partial charge in [-0.25, -0.2) is 9.98 Å². The van der Waals surface area contributed by atoms with Crippen molar-refractivity contribution in [2.45, 2.75) is 46.2 Å². The average Bonchev–Trinajstić information content (AvgIpc) is 3.08. The van der Waals surface area contributed by atoms with E-state index in [0.29, 0.717) is 5.92 Å². The zero-order chi connectivity index (χ0) is 19.4. The number of likely N-dealkylation sites (N-methyl/N-ethyl adjacent to an activating group) is 1. The monoisotopic (exact) mass is 387 g/mol. The van der Waals surface area contributed by atoms with Gasteiger partial charge >= 0.3 is 0 Å². The fourth-order valence-electron chi connectivity index (χ4n) is 3.53. The van der Waals surface area contributed by atoms with Gasteiger partial charge in [-0.3, -0.25) is 10.3 Å². The van der Waals surface area contributed by atoms with Crippen LogP contribution in [-0.4, -0.2) is 52.2 Å². The van der Waals surface area contributed by atoms with E-state index in [2.05, 4.69) is 36.1 Å². The first kappa shape index (κ1) is 19.9. The molecule has 0 saturated carbocycles. The van der Waals surface area contributed by atoms with Crippen LogP contribution in [0, 0.1) is 5.92 Å². The number of allylic oxidation sites excluding steroid dienone is 1. The first-order chi connectivity index (χ1) is 13.0. The van der Waals surface area contributed by atoms with Crippen LogP contribution in [0.1, 0.15) is 45.0 Å². The predicted octanol–water partition coefficient (Wildman–Crippen LogP) is 3.50. The number of amidine groups is 1. The molecule has 2 aromatic heterocycles. The Kier molecular flexibility index (Phi) is 6.57. The van der Waals surface area contributed by atoms with Crippen LogP contribution in [0.2, 0.25) is 0 Å². The van der Waals surface area contributed by atoms with Crippen LogP contribution < -0.4 is 5.32 Å². The van der Waals surface area contributed by atoms with Crippen LogP contribution in [-0.2, 0) is 0 Å². The van der Waals surface area contributed by atoms with Gasteiger partial charge in [0.1, 0.15) is 22.5 Å². The maximum absolute atomic E-state index is 9.56. The standard InChI is InChI=1S/C20H29N5OS/c1-5-6-15(12-26)7-10-22-19-18(13(2)23-14(3)25(19)4)20-24-16-11-21-9-8-17(16)27-20/h8-9,11,15,19,22,26H,5-7,10,12H2,1-4H3. The zero-order valence-electron chi connectivity index (χ0n) is 16.6. The fourth-order valence-corrected chi connectivity index (χ4v) is 4.58. The molecule has 1 aliphatic heterocycles. The van der Waals surface area contributed by atoms with Crippen LogP contribution in [0.25, 0.3) is 15.8 Å². The Morgan fingerprint density at radius 3 is 2.85 bits per heavy atom. The number of nitrogens with zero attached hydrogens (tertiary/aromatic N) is 4. The summed E-state index contributed by atoms with van der Waals surface area (Å²) in [5.74, 6) is 1.34. The highest BCUT2D eigenvalue weighted by Crippen LogP contribution is 2.34. The summed E-state index contributed by atoms with van der Waals surface area (Å²) in [7, 11) is 2.06. The highest BCUT2D eigenvalue weighted by Gasteiger charge is 2.29. The van der Waals surface area contributed by atoms with E-state index in [1.807, 2.05) is 19.2 Å².